The molecule has 0 unspecified atom stereocenters. The van der Waals surface area contributed by atoms with Gasteiger partial charge in [-0.15, -0.1) is 0 Å². The van der Waals surface area contributed by atoms with E-state index in [-0.39, 0.29) is 17.1 Å². The summed E-state index contributed by atoms with van der Waals surface area (Å²) < 4.78 is 5.03. The third-order valence-electron chi connectivity index (χ3n) is 4.95. The number of Topliss-reactive ketones (excluding diaryl/α,β-unsaturated/α-hetero) is 1. The zero-order valence-corrected chi connectivity index (χ0v) is 16.3. The minimum atomic E-state index is -0.976. The lowest BCUT2D eigenvalue weighted by Crippen LogP contribution is -2.37. The van der Waals surface area contributed by atoms with Crippen molar-refractivity contribution in [1.82, 2.24) is 9.80 Å². The van der Waals surface area contributed by atoms with Gasteiger partial charge in [0, 0.05) is 12.1 Å². The van der Waals surface area contributed by atoms with Gasteiger partial charge < -0.3 is 4.74 Å². The number of nitrogens with zero attached hydrogens (tertiary/aromatic N) is 2. The Morgan fingerprint density at radius 3 is 2.54 bits per heavy atom. The van der Waals surface area contributed by atoms with E-state index in [2.05, 4.69) is 6.08 Å². The monoisotopic (exact) mass is 404 g/mol. The number of allylic oxidation sites excluding steroid dienone is 1. The van der Waals surface area contributed by atoms with Gasteiger partial charge in [0.15, 0.2) is 5.78 Å². The van der Waals surface area contributed by atoms with Gasteiger partial charge in [0.05, 0.1) is 18.7 Å². The summed E-state index contributed by atoms with van der Waals surface area (Å²) >= 11 is 6.02. The van der Waals surface area contributed by atoms with Gasteiger partial charge >= 0.3 is 17.8 Å². The third kappa shape index (κ3) is 4.09. The van der Waals surface area contributed by atoms with Crippen LogP contribution in [-0.4, -0.2) is 53.6 Å². The van der Waals surface area contributed by atoms with Crippen molar-refractivity contribution in [3.8, 4) is 5.75 Å². The largest absolute Gasteiger partial charge is 0.495 e. The van der Waals surface area contributed by atoms with Crippen molar-refractivity contribution >= 4 is 35.2 Å². The molecule has 1 aliphatic carbocycles. The second kappa shape index (κ2) is 8.56. The maximum absolute atomic E-state index is 12.5. The van der Waals surface area contributed by atoms with Gasteiger partial charge in [0.1, 0.15) is 5.75 Å². The lowest BCUT2D eigenvalue weighted by Gasteiger charge is -2.17. The topological polar surface area (TPSA) is 84.0 Å². The van der Waals surface area contributed by atoms with Gasteiger partial charge in [-0.2, -0.15) is 0 Å². The van der Waals surface area contributed by atoms with E-state index in [1.165, 1.54) is 30.9 Å². The Labute approximate surface area is 167 Å². The number of hydrogen-bond acceptors (Lipinski definition) is 5. The summed E-state index contributed by atoms with van der Waals surface area (Å²) in [6.07, 6.45) is 6.88. The van der Waals surface area contributed by atoms with Gasteiger partial charge in [-0.1, -0.05) is 23.3 Å². The van der Waals surface area contributed by atoms with E-state index in [1.807, 2.05) is 0 Å². The molecule has 0 bridgehead atoms. The predicted molar refractivity (Wildman–Crippen MR) is 102 cm³/mol. The smallest absolute Gasteiger partial charge is 0.334 e. The number of ketones is 1. The fraction of sp³-hybridized carbons (Fsp3) is 0.400. The van der Waals surface area contributed by atoms with E-state index in [0.717, 1.165) is 30.6 Å². The van der Waals surface area contributed by atoms with Crippen molar-refractivity contribution in [2.75, 3.05) is 20.2 Å². The molecule has 0 N–H and O–H groups in total. The summed E-state index contributed by atoms with van der Waals surface area (Å²) in [7, 11) is 1.45. The van der Waals surface area contributed by atoms with Crippen molar-refractivity contribution in [3.05, 3.63) is 40.4 Å². The number of benzene rings is 1. The van der Waals surface area contributed by atoms with E-state index in [9.17, 15) is 19.2 Å². The molecule has 2 aliphatic rings. The van der Waals surface area contributed by atoms with Crippen LogP contribution < -0.4 is 4.74 Å². The molecule has 1 aromatic rings. The standard InChI is InChI=1S/C20H21ClN2O5/c1-28-17-8-7-14(11-15(17)21)16(24)12-23-19(26)18(25)22(20(23)27)10-9-13-5-3-2-4-6-13/h5,7-8,11H,2-4,6,9-10,12H2,1H3. The van der Waals surface area contributed by atoms with Crippen LogP contribution in [0.2, 0.25) is 5.02 Å². The summed E-state index contributed by atoms with van der Waals surface area (Å²) in [5.41, 5.74) is 1.42. The van der Waals surface area contributed by atoms with Crippen LogP contribution in [0.3, 0.4) is 0 Å². The molecule has 7 nitrogen and oxygen atoms in total. The highest BCUT2D eigenvalue weighted by molar-refractivity contribution is 6.45. The van der Waals surface area contributed by atoms with Gasteiger partial charge in [0.25, 0.3) is 0 Å². The van der Waals surface area contributed by atoms with Crippen LogP contribution in [0.25, 0.3) is 0 Å². The molecule has 1 aliphatic heterocycles. The van der Waals surface area contributed by atoms with E-state index < -0.39 is 30.2 Å². The molecular weight excluding hydrogens is 384 g/mol. The van der Waals surface area contributed by atoms with Crippen molar-refractivity contribution in [1.29, 1.82) is 0 Å². The molecule has 1 saturated heterocycles. The number of ether oxygens (including phenoxy) is 1. The minimum Gasteiger partial charge on any atom is -0.495 e. The Bertz CT molecular complexity index is 864. The Balaban J connectivity index is 1.66. The lowest BCUT2D eigenvalue weighted by atomic mass is 9.97. The van der Waals surface area contributed by atoms with Crippen LogP contribution >= 0.6 is 11.6 Å². The highest BCUT2D eigenvalue weighted by Gasteiger charge is 2.44. The van der Waals surface area contributed by atoms with Crippen LogP contribution in [0, 0.1) is 0 Å². The Kier molecular flexibility index (Phi) is 6.14. The second-order valence-electron chi connectivity index (χ2n) is 6.76. The second-order valence-corrected chi connectivity index (χ2v) is 7.17. The SMILES string of the molecule is COc1ccc(C(=O)CN2C(=O)C(=O)N(CCC3=CCCCC3)C2=O)cc1Cl. The molecule has 0 atom stereocenters. The molecule has 0 radical (unpaired) electrons. The van der Waals surface area contributed by atoms with Gasteiger partial charge in [-0.25, -0.2) is 9.69 Å². The van der Waals surface area contributed by atoms with Gasteiger partial charge in [0.2, 0.25) is 0 Å². The molecule has 148 valence electrons. The van der Waals surface area contributed by atoms with E-state index in [1.54, 1.807) is 0 Å². The van der Waals surface area contributed by atoms with Crippen molar-refractivity contribution in [3.63, 3.8) is 0 Å². The summed E-state index contributed by atoms with van der Waals surface area (Å²) in [5.74, 6) is -1.95. The molecule has 1 heterocycles. The summed E-state index contributed by atoms with van der Waals surface area (Å²) in [6, 6.07) is 3.67. The normalized spacial score (nSPS) is 17.2. The van der Waals surface area contributed by atoms with Crippen LogP contribution in [0.1, 0.15) is 42.5 Å². The molecule has 1 fully saturated rings. The number of halogens is 1. The highest BCUT2D eigenvalue weighted by Crippen LogP contribution is 2.26. The van der Waals surface area contributed by atoms with Crippen molar-refractivity contribution in [2.45, 2.75) is 32.1 Å². The first-order valence-electron chi connectivity index (χ1n) is 9.14. The van der Waals surface area contributed by atoms with Crippen LogP contribution in [0.15, 0.2) is 29.8 Å². The number of imide groups is 2. The molecule has 28 heavy (non-hydrogen) atoms. The number of urea groups is 1. The number of amides is 4. The van der Waals surface area contributed by atoms with E-state index in [0.29, 0.717) is 17.1 Å². The average molecular weight is 405 g/mol. The Morgan fingerprint density at radius 2 is 1.89 bits per heavy atom. The number of hydrogen-bond donors (Lipinski definition) is 0. The van der Waals surface area contributed by atoms with Crippen LogP contribution in [-0.2, 0) is 9.59 Å². The summed E-state index contributed by atoms with van der Waals surface area (Å²) in [6.45, 7) is -0.362. The molecule has 8 heteroatoms. The number of methoxy groups -OCH3 is 1. The first-order chi connectivity index (χ1) is 13.4. The number of carbonyl (C=O) groups is 4. The summed E-state index contributed by atoms with van der Waals surface area (Å²) in [5, 5.41) is 0.242. The van der Waals surface area contributed by atoms with Crippen molar-refractivity contribution in [2.24, 2.45) is 0 Å². The first-order valence-corrected chi connectivity index (χ1v) is 9.52. The highest BCUT2D eigenvalue weighted by atomic mass is 35.5. The van der Waals surface area contributed by atoms with Crippen LogP contribution in [0.5, 0.6) is 5.75 Å². The first kappa shape index (κ1) is 20.1. The van der Waals surface area contributed by atoms with E-state index >= 15 is 0 Å². The van der Waals surface area contributed by atoms with Gasteiger partial charge in [-0.3, -0.25) is 19.3 Å². The molecule has 3 rings (SSSR count). The maximum atomic E-state index is 12.5. The lowest BCUT2D eigenvalue weighted by molar-refractivity contribution is -0.143. The molecule has 4 amide bonds. The molecule has 0 spiro atoms. The van der Waals surface area contributed by atoms with Gasteiger partial charge in [-0.05, 0) is 50.3 Å². The summed E-state index contributed by atoms with van der Waals surface area (Å²) in [4.78, 5) is 51.0. The predicted octanol–water partition coefficient (Wildman–Crippen LogP) is 3.21. The molecule has 0 saturated carbocycles. The molecule has 1 aromatic carbocycles. The fourth-order valence-electron chi connectivity index (χ4n) is 3.35. The molecular formula is C20H21ClN2O5. The third-order valence-corrected chi connectivity index (χ3v) is 5.25. The average Bonchev–Trinajstić information content (AvgIpc) is 2.90. The zero-order chi connectivity index (χ0) is 20.3. The Morgan fingerprint density at radius 1 is 1.14 bits per heavy atom. The van der Waals surface area contributed by atoms with E-state index in [4.69, 9.17) is 16.3 Å². The number of rotatable bonds is 7. The maximum Gasteiger partial charge on any atom is 0.334 e. The minimum absolute atomic E-state index is 0.147. The van der Waals surface area contributed by atoms with Crippen LogP contribution in [0.4, 0.5) is 4.79 Å². The zero-order valence-electron chi connectivity index (χ0n) is 15.6. The Hall–Kier alpha value is -2.67. The quantitative estimate of drug-likeness (QED) is 0.301. The molecule has 0 aromatic heterocycles. The van der Waals surface area contributed by atoms with Crippen molar-refractivity contribution < 1.29 is 23.9 Å². The number of carbonyl (C=O) groups excluding carboxylic acids is 4. The fourth-order valence-corrected chi connectivity index (χ4v) is 3.61.